The second-order valence-corrected chi connectivity index (χ2v) is 12.1. The molecule has 0 bridgehead atoms. The minimum atomic E-state index is -3.26. The maximum Gasteiger partial charge on any atom is 0.340 e. The lowest BCUT2D eigenvalue weighted by atomic mass is 9.94. The molecule has 3 aromatic heterocycles. The Bertz CT molecular complexity index is 1500. The molecule has 5 heterocycles. The van der Waals surface area contributed by atoms with Crippen molar-refractivity contribution in [1.82, 2.24) is 19.3 Å². The molecule has 11 nitrogen and oxygen atoms in total. The molecule has 1 fully saturated rings. The van der Waals surface area contributed by atoms with Crippen molar-refractivity contribution >= 4 is 38.4 Å². The van der Waals surface area contributed by atoms with Gasteiger partial charge in [-0.1, -0.05) is 6.92 Å². The summed E-state index contributed by atoms with van der Waals surface area (Å²) in [7, 11) is -3.26. The van der Waals surface area contributed by atoms with Crippen LogP contribution < -0.4 is 10.1 Å². The van der Waals surface area contributed by atoms with E-state index in [-0.39, 0.29) is 37.2 Å². The Hall–Kier alpha value is -3.35. The van der Waals surface area contributed by atoms with E-state index in [1.54, 1.807) is 44.4 Å². The Labute approximate surface area is 214 Å². The first-order valence-corrected chi connectivity index (χ1v) is 13.8. The number of carbonyl (C=O) groups is 1. The fourth-order valence-electron chi connectivity index (χ4n) is 4.42. The molecule has 1 unspecified atom stereocenters. The number of carbonyl (C=O) groups excluding carboxylic acids is 1. The van der Waals surface area contributed by atoms with Crippen molar-refractivity contribution in [3.63, 3.8) is 0 Å². The molecule has 2 atom stereocenters. The standard InChI is InChI=1S/C25H29N5O6S/c1-13-14(2)35-24(31)16-6-7-20(29-22(13)16)28-21-8-17-18(9-26-21)23(27-10-19(17)25(3,4)32)36-15-11-30(12-15)37(5,33)34/h6-10,13-15,32H,11-12H2,1-5H3,(H,26,28,29)/t13-,14?/m0/s1. The molecule has 0 spiro atoms. The highest BCUT2D eigenvalue weighted by Gasteiger charge is 2.36. The molecule has 196 valence electrons. The number of pyridine rings is 3. The molecule has 3 aromatic rings. The van der Waals surface area contributed by atoms with Crippen LogP contribution in [0, 0.1) is 0 Å². The highest BCUT2D eigenvalue weighted by atomic mass is 32.2. The van der Waals surface area contributed by atoms with Gasteiger partial charge in [0, 0.05) is 23.9 Å². The summed E-state index contributed by atoms with van der Waals surface area (Å²) in [6.45, 7) is 7.63. The highest BCUT2D eigenvalue weighted by molar-refractivity contribution is 7.88. The zero-order chi connectivity index (χ0) is 26.7. The average Bonchev–Trinajstić information content (AvgIpc) is 2.77. The van der Waals surface area contributed by atoms with Gasteiger partial charge in [-0.2, -0.15) is 4.31 Å². The third kappa shape index (κ3) is 4.83. The number of hydrogen-bond donors (Lipinski definition) is 2. The van der Waals surface area contributed by atoms with Gasteiger partial charge in [-0.3, -0.25) is 0 Å². The highest BCUT2D eigenvalue weighted by Crippen LogP contribution is 2.35. The molecular weight excluding hydrogens is 498 g/mol. The van der Waals surface area contributed by atoms with E-state index in [1.807, 2.05) is 13.8 Å². The second-order valence-electron chi connectivity index (χ2n) is 10.1. The van der Waals surface area contributed by atoms with Crippen molar-refractivity contribution in [2.75, 3.05) is 24.7 Å². The number of fused-ring (bicyclic) bond motifs is 2. The number of rotatable bonds is 6. The van der Waals surface area contributed by atoms with Gasteiger partial charge in [0.1, 0.15) is 23.8 Å². The first kappa shape index (κ1) is 25.3. The number of sulfonamides is 1. The lowest BCUT2D eigenvalue weighted by Crippen LogP contribution is -2.55. The Kier molecular flexibility index (Phi) is 6.08. The fourth-order valence-corrected chi connectivity index (χ4v) is 5.29. The number of anilines is 2. The van der Waals surface area contributed by atoms with Gasteiger partial charge in [0.25, 0.3) is 0 Å². The van der Waals surface area contributed by atoms with Crippen LogP contribution in [0.15, 0.2) is 30.6 Å². The molecule has 0 amide bonds. The topological polar surface area (TPSA) is 144 Å². The number of cyclic esters (lactones) is 1. The molecule has 2 aliphatic heterocycles. The Morgan fingerprint density at radius 1 is 1.14 bits per heavy atom. The normalized spacial score (nSPS) is 20.8. The molecule has 0 saturated carbocycles. The van der Waals surface area contributed by atoms with Crippen molar-refractivity contribution in [2.45, 2.75) is 51.4 Å². The second kappa shape index (κ2) is 8.89. The molecule has 2 N–H and O–H groups in total. The van der Waals surface area contributed by atoms with Crippen LogP contribution >= 0.6 is 0 Å². The molecule has 1 saturated heterocycles. The van der Waals surface area contributed by atoms with E-state index in [4.69, 9.17) is 9.47 Å². The molecule has 0 radical (unpaired) electrons. The summed E-state index contributed by atoms with van der Waals surface area (Å²) in [5, 5.41) is 15.2. The molecule has 2 aliphatic rings. The summed E-state index contributed by atoms with van der Waals surface area (Å²) in [4.78, 5) is 25.8. The van der Waals surface area contributed by atoms with Gasteiger partial charge < -0.3 is 19.9 Å². The first-order valence-electron chi connectivity index (χ1n) is 11.9. The van der Waals surface area contributed by atoms with Crippen LogP contribution in [0.25, 0.3) is 10.8 Å². The van der Waals surface area contributed by atoms with Crippen LogP contribution in [0.3, 0.4) is 0 Å². The Morgan fingerprint density at radius 2 is 1.86 bits per heavy atom. The van der Waals surface area contributed by atoms with Gasteiger partial charge in [-0.15, -0.1) is 0 Å². The quantitative estimate of drug-likeness (QED) is 0.459. The van der Waals surface area contributed by atoms with E-state index in [0.717, 1.165) is 6.26 Å². The predicted octanol–water partition coefficient (Wildman–Crippen LogP) is 2.68. The van der Waals surface area contributed by atoms with Crippen LogP contribution in [0.1, 0.15) is 55.2 Å². The molecule has 0 aliphatic carbocycles. The third-order valence-corrected chi connectivity index (χ3v) is 8.02. The van der Waals surface area contributed by atoms with E-state index in [1.165, 1.54) is 4.31 Å². The van der Waals surface area contributed by atoms with Crippen LogP contribution in [0.5, 0.6) is 5.88 Å². The summed E-state index contributed by atoms with van der Waals surface area (Å²) < 4.78 is 36.0. The number of aliphatic hydroxyl groups is 1. The van der Waals surface area contributed by atoms with E-state index in [9.17, 15) is 18.3 Å². The van der Waals surface area contributed by atoms with Crippen molar-refractivity contribution in [3.8, 4) is 5.88 Å². The van der Waals surface area contributed by atoms with E-state index in [2.05, 4.69) is 20.3 Å². The lowest BCUT2D eigenvalue weighted by Gasteiger charge is -2.36. The minimum absolute atomic E-state index is 0.0586. The van der Waals surface area contributed by atoms with Gasteiger partial charge in [0.05, 0.1) is 41.6 Å². The van der Waals surface area contributed by atoms with Crippen LogP contribution in [-0.2, 0) is 20.4 Å². The van der Waals surface area contributed by atoms with Gasteiger partial charge >= 0.3 is 5.97 Å². The summed E-state index contributed by atoms with van der Waals surface area (Å²) >= 11 is 0. The number of esters is 1. The van der Waals surface area contributed by atoms with Crippen LogP contribution in [-0.4, -0.2) is 70.3 Å². The molecule has 12 heteroatoms. The van der Waals surface area contributed by atoms with Gasteiger partial charge in [0.2, 0.25) is 15.9 Å². The Balaban J connectivity index is 1.47. The molecule has 37 heavy (non-hydrogen) atoms. The van der Waals surface area contributed by atoms with Gasteiger partial charge in [-0.05, 0) is 44.4 Å². The third-order valence-electron chi connectivity index (χ3n) is 6.79. The van der Waals surface area contributed by atoms with Gasteiger partial charge in [0.15, 0.2) is 0 Å². The zero-order valence-electron chi connectivity index (χ0n) is 21.2. The smallest absolute Gasteiger partial charge is 0.340 e. The summed E-state index contributed by atoms with van der Waals surface area (Å²) in [5.74, 6) is 0.869. The summed E-state index contributed by atoms with van der Waals surface area (Å²) in [6, 6.07) is 5.16. The Morgan fingerprint density at radius 3 is 2.54 bits per heavy atom. The minimum Gasteiger partial charge on any atom is -0.471 e. The van der Waals surface area contributed by atoms with E-state index in [0.29, 0.717) is 45.1 Å². The van der Waals surface area contributed by atoms with Crippen LogP contribution in [0.2, 0.25) is 0 Å². The summed E-state index contributed by atoms with van der Waals surface area (Å²) in [6.07, 6.45) is 3.72. The van der Waals surface area contributed by atoms with Crippen molar-refractivity contribution in [3.05, 3.63) is 47.4 Å². The lowest BCUT2D eigenvalue weighted by molar-refractivity contribution is 0.0235. The number of hydrogen-bond acceptors (Lipinski definition) is 10. The van der Waals surface area contributed by atoms with E-state index >= 15 is 0 Å². The van der Waals surface area contributed by atoms with Crippen molar-refractivity contribution in [1.29, 1.82) is 0 Å². The first-order chi connectivity index (χ1) is 17.3. The molecule has 0 aromatic carbocycles. The SMILES string of the molecule is CC1OC(=O)c2ccc(Nc3cc4c(C(C)(C)O)cnc(OC5CN(S(C)(=O)=O)C5)c4cn3)nc2[C@H]1C. The van der Waals surface area contributed by atoms with Crippen molar-refractivity contribution in [2.24, 2.45) is 0 Å². The maximum absolute atomic E-state index is 12.2. The largest absolute Gasteiger partial charge is 0.471 e. The zero-order valence-corrected chi connectivity index (χ0v) is 22.0. The number of aromatic nitrogens is 3. The molecule has 5 rings (SSSR count). The van der Waals surface area contributed by atoms with Crippen molar-refractivity contribution < 1.29 is 27.8 Å². The maximum atomic E-state index is 12.2. The number of nitrogens with one attached hydrogen (secondary N) is 1. The fraction of sp³-hybridized carbons (Fsp3) is 0.440. The average molecular weight is 528 g/mol. The molecular formula is C25H29N5O6S. The monoisotopic (exact) mass is 527 g/mol. The number of ether oxygens (including phenoxy) is 2. The predicted molar refractivity (Wildman–Crippen MR) is 136 cm³/mol. The van der Waals surface area contributed by atoms with Crippen LogP contribution in [0.4, 0.5) is 11.6 Å². The number of nitrogens with zero attached hydrogens (tertiary/aromatic N) is 4. The van der Waals surface area contributed by atoms with E-state index < -0.39 is 15.6 Å². The summed E-state index contributed by atoms with van der Waals surface area (Å²) in [5.41, 5.74) is 0.498. The van der Waals surface area contributed by atoms with Gasteiger partial charge in [-0.25, -0.2) is 28.2 Å².